The van der Waals surface area contributed by atoms with Crippen LogP contribution < -0.4 is 9.80 Å². The number of aryl methyl sites for hydroxylation is 2. The Morgan fingerprint density at radius 1 is 1.15 bits per heavy atom. The first-order chi connectivity index (χ1) is 9.40. The second kappa shape index (κ2) is 5.44. The van der Waals surface area contributed by atoms with Crippen LogP contribution in [0.15, 0.2) is 6.33 Å². The van der Waals surface area contributed by atoms with Crippen molar-refractivity contribution in [2.45, 2.75) is 20.4 Å². The van der Waals surface area contributed by atoms with Gasteiger partial charge in [-0.2, -0.15) is 4.98 Å². The minimum atomic E-state index is 0.653. The van der Waals surface area contributed by atoms with E-state index in [1.165, 1.54) is 0 Å². The molecule has 0 aliphatic heterocycles. The van der Waals surface area contributed by atoms with E-state index in [1.54, 1.807) is 6.33 Å². The van der Waals surface area contributed by atoms with Crippen molar-refractivity contribution in [2.75, 3.05) is 30.9 Å². The molecule has 20 heavy (non-hydrogen) atoms. The summed E-state index contributed by atoms with van der Waals surface area (Å²) in [5, 5.41) is 8.01. The summed E-state index contributed by atoms with van der Waals surface area (Å²) < 4.78 is 1.91. The Kier molecular flexibility index (Phi) is 3.87. The van der Waals surface area contributed by atoms with Gasteiger partial charge in [0.2, 0.25) is 5.95 Å². The number of nitrogens with zero attached hydrogens (tertiary/aromatic N) is 7. The molecule has 0 unspecified atom stereocenters. The SMILES string of the molecule is Cc1nc(N(C)C)nc(N(C)Cc2nncn2C)c1C. The van der Waals surface area contributed by atoms with E-state index >= 15 is 0 Å². The highest BCUT2D eigenvalue weighted by Gasteiger charge is 2.15. The summed E-state index contributed by atoms with van der Waals surface area (Å²) in [6.45, 7) is 4.70. The number of rotatable bonds is 4. The summed E-state index contributed by atoms with van der Waals surface area (Å²) in [6.07, 6.45) is 1.70. The fourth-order valence-electron chi connectivity index (χ4n) is 1.91. The molecule has 7 nitrogen and oxygen atoms in total. The van der Waals surface area contributed by atoms with Gasteiger partial charge in [0.05, 0.1) is 6.54 Å². The third kappa shape index (κ3) is 2.71. The lowest BCUT2D eigenvalue weighted by Gasteiger charge is -2.22. The van der Waals surface area contributed by atoms with Crippen molar-refractivity contribution in [1.82, 2.24) is 24.7 Å². The molecule has 0 atom stereocenters. The number of hydrogen-bond donors (Lipinski definition) is 0. The highest BCUT2D eigenvalue weighted by molar-refractivity contribution is 5.51. The maximum atomic E-state index is 4.63. The van der Waals surface area contributed by atoms with Gasteiger partial charge in [0.15, 0.2) is 5.82 Å². The van der Waals surface area contributed by atoms with Gasteiger partial charge < -0.3 is 14.4 Å². The molecule has 0 aliphatic carbocycles. The van der Waals surface area contributed by atoms with E-state index in [0.29, 0.717) is 12.5 Å². The van der Waals surface area contributed by atoms with Crippen molar-refractivity contribution in [3.8, 4) is 0 Å². The monoisotopic (exact) mass is 275 g/mol. The first-order valence-electron chi connectivity index (χ1n) is 6.46. The van der Waals surface area contributed by atoms with Crippen LogP contribution in [0.4, 0.5) is 11.8 Å². The number of anilines is 2. The fourth-order valence-corrected chi connectivity index (χ4v) is 1.91. The van der Waals surface area contributed by atoms with Crippen molar-refractivity contribution in [2.24, 2.45) is 7.05 Å². The van der Waals surface area contributed by atoms with Gasteiger partial charge in [0.25, 0.3) is 0 Å². The first kappa shape index (κ1) is 14.2. The minimum Gasteiger partial charge on any atom is -0.352 e. The molecule has 0 radical (unpaired) electrons. The molecule has 7 heteroatoms. The molecule has 0 spiro atoms. The third-order valence-corrected chi connectivity index (χ3v) is 3.30. The Morgan fingerprint density at radius 2 is 1.85 bits per heavy atom. The molecule has 0 saturated carbocycles. The van der Waals surface area contributed by atoms with Gasteiger partial charge in [-0.25, -0.2) is 4.98 Å². The van der Waals surface area contributed by atoms with Crippen LogP contribution in [0.25, 0.3) is 0 Å². The van der Waals surface area contributed by atoms with E-state index in [4.69, 9.17) is 0 Å². The lowest BCUT2D eigenvalue weighted by molar-refractivity contribution is 0.748. The van der Waals surface area contributed by atoms with Crippen LogP contribution in [0, 0.1) is 13.8 Å². The molecule has 0 saturated heterocycles. The summed E-state index contributed by atoms with van der Waals surface area (Å²) in [4.78, 5) is 13.1. The molecule has 0 N–H and O–H groups in total. The maximum Gasteiger partial charge on any atom is 0.227 e. The van der Waals surface area contributed by atoms with E-state index in [1.807, 2.05) is 51.5 Å². The Bertz CT molecular complexity index is 603. The maximum absolute atomic E-state index is 4.63. The van der Waals surface area contributed by atoms with Gasteiger partial charge in [-0.1, -0.05) is 0 Å². The normalized spacial score (nSPS) is 10.7. The summed E-state index contributed by atoms with van der Waals surface area (Å²) in [7, 11) is 7.82. The standard InChI is InChI=1S/C13H21N7/c1-9-10(2)15-13(18(3)4)16-12(9)19(5)7-11-17-14-8-20(11)6/h8H,7H2,1-6H3. The summed E-state index contributed by atoms with van der Waals surface area (Å²) in [6, 6.07) is 0. The third-order valence-electron chi connectivity index (χ3n) is 3.30. The fraction of sp³-hybridized carbons (Fsp3) is 0.538. The highest BCUT2D eigenvalue weighted by Crippen LogP contribution is 2.22. The van der Waals surface area contributed by atoms with Gasteiger partial charge >= 0.3 is 0 Å². The molecule has 0 amide bonds. The van der Waals surface area contributed by atoms with E-state index in [-0.39, 0.29) is 0 Å². The molecule has 108 valence electrons. The molecule has 2 aromatic heterocycles. The summed E-state index contributed by atoms with van der Waals surface area (Å²) >= 11 is 0. The van der Waals surface area contributed by atoms with Crippen LogP contribution in [0.5, 0.6) is 0 Å². The van der Waals surface area contributed by atoms with Gasteiger partial charge in [-0.3, -0.25) is 0 Å². The summed E-state index contributed by atoms with van der Waals surface area (Å²) in [5.74, 6) is 2.53. The molecular formula is C13H21N7. The molecule has 0 bridgehead atoms. The van der Waals surface area contributed by atoms with Crippen LogP contribution in [0.3, 0.4) is 0 Å². The van der Waals surface area contributed by atoms with Gasteiger partial charge in [0.1, 0.15) is 12.1 Å². The van der Waals surface area contributed by atoms with E-state index in [9.17, 15) is 0 Å². The molecule has 2 aromatic rings. The zero-order chi connectivity index (χ0) is 14.9. The quantitative estimate of drug-likeness (QED) is 0.827. The predicted molar refractivity (Wildman–Crippen MR) is 78.9 cm³/mol. The molecule has 0 fully saturated rings. The Morgan fingerprint density at radius 3 is 2.40 bits per heavy atom. The first-order valence-corrected chi connectivity index (χ1v) is 6.46. The van der Waals surface area contributed by atoms with Crippen molar-refractivity contribution < 1.29 is 0 Å². The molecule has 2 rings (SSSR count). The van der Waals surface area contributed by atoms with E-state index in [2.05, 4.69) is 25.1 Å². The van der Waals surface area contributed by atoms with Crippen LogP contribution in [-0.2, 0) is 13.6 Å². The largest absolute Gasteiger partial charge is 0.352 e. The molecule has 0 aromatic carbocycles. The summed E-state index contributed by atoms with van der Waals surface area (Å²) in [5.41, 5.74) is 2.07. The minimum absolute atomic E-state index is 0.653. The van der Waals surface area contributed by atoms with E-state index in [0.717, 1.165) is 22.9 Å². The Hall–Kier alpha value is -2.18. The number of aromatic nitrogens is 5. The van der Waals surface area contributed by atoms with Crippen LogP contribution in [-0.4, -0.2) is 45.9 Å². The highest BCUT2D eigenvalue weighted by atomic mass is 15.3. The van der Waals surface area contributed by atoms with Crippen molar-refractivity contribution in [3.05, 3.63) is 23.4 Å². The Balaban J connectivity index is 2.33. The lowest BCUT2D eigenvalue weighted by atomic mass is 10.2. The van der Waals surface area contributed by atoms with Gasteiger partial charge in [-0.15, -0.1) is 10.2 Å². The van der Waals surface area contributed by atoms with Crippen LogP contribution >= 0.6 is 0 Å². The lowest BCUT2D eigenvalue weighted by Crippen LogP contribution is -2.23. The second-order valence-corrected chi connectivity index (χ2v) is 5.17. The van der Waals surface area contributed by atoms with Gasteiger partial charge in [0, 0.05) is 39.4 Å². The molecule has 0 aliphatic rings. The Labute approximate surface area is 119 Å². The smallest absolute Gasteiger partial charge is 0.227 e. The van der Waals surface area contributed by atoms with Crippen molar-refractivity contribution in [3.63, 3.8) is 0 Å². The van der Waals surface area contributed by atoms with Crippen LogP contribution in [0.1, 0.15) is 17.1 Å². The number of hydrogen-bond acceptors (Lipinski definition) is 6. The van der Waals surface area contributed by atoms with Gasteiger partial charge in [-0.05, 0) is 13.8 Å². The topological polar surface area (TPSA) is 63.0 Å². The zero-order valence-electron chi connectivity index (χ0n) is 12.9. The second-order valence-electron chi connectivity index (χ2n) is 5.17. The van der Waals surface area contributed by atoms with Crippen LogP contribution in [0.2, 0.25) is 0 Å². The predicted octanol–water partition coefficient (Wildman–Crippen LogP) is 0.924. The van der Waals surface area contributed by atoms with Crippen molar-refractivity contribution in [1.29, 1.82) is 0 Å². The van der Waals surface area contributed by atoms with E-state index < -0.39 is 0 Å². The molecule has 2 heterocycles. The molecular weight excluding hydrogens is 254 g/mol. The average molecular weight is 275 g/mol. The average Bonchev–Trinajstić information content (AvgIpc) is 2.77. The zero-order valence-corrected chi connectivity index (χ0v) is 12.9. The van der Waals surface area contributed by atoms with Crippen molar-refractivity contribution >= 4 is 11.8 Å².